The predicted octanol–water partition coefficient (Wildman–Crippen LogP) is 1.98. The Morgan fingerprint density at radius 3 is 2.29 bits per heavy atom. The van der Waals surface area contributed by atoms with Crippen molar-refractivity contribution in [3.63, 3.8) is 0 Å². The van der Waals surface area contributed by atoms with Crippen molar-refractivity contribution in [1.82, 2.24) is 10.6 Å². The van der Waals surface area contributed by atoms with Crippen molar-refractivity contribution >= 4 is 11.8 Å². The molecule has 116 valence electrons. The van der Waals surface area contributed by atoms with Crippen LogP contribution in [0.5, 0.6) is 5.75 Å². The lowest BCUT2D eigenvalue weighted by atomic mass is 10.1. The normalized spacial score (nSPS) is 10.3. The molecule has 0 saturated carbocycles. The first-order valence-electron chi connectivity index (χ1n) is 7.24. The first kappa shape index (κ1) is 17.0. The Bertz CT molecular complexity index is 455. The van der Waals surface area contributed by atoms with Crippen molar-refractivity contribution in [3.8, 4) is 5.75 Å². The van der Waals surface area contributed by atoms with Crippen LogP contribution in [0.15, 0.2) is 24.3 Å². The molecule has 5 heteroatoms. The highest BCUT2D eigenvalue weighted by molar-refractivity contribution is 5.94. The van der Waals surface area contributed by atoms with E-state index in [-0.39, 0.29) is 11.8 Å². The molecule has 1 aromatic carbocycles. The van der Waals surface area contributed by atoms with E-state index in [4.69, 9.17) is 4.74 Å². The van der Waals surface area contributed by atoms with Crippen molar-refractivity contribution in [2.45, 2.75) is 27.2 Å². The molecule has 0 fully saturated rings. The Hall–Kier alpha value is -2.04. The molecule has 2 N–H and O–H groups in total. The van der Waals surface area contributed by atoms with Crippen LogP contribution in [-0.4, -0.2) is 31.5 Å². The Morgan fingerprint density at radius 2 is 1.71 bits per heavy atom. The molecule has 0 saturated heterocycles. The quantitative estimate of drug-likeness (QED) is 0.720. The van der Waals surface area contributed by atoms with E-state index in [1.807, 2.05) is 0 Å². The Morgan fingerprint density at radius 1 is 1.10 bits per heavy atom. The van der Waals surface area contributed by atoms with Gasteiger partial charge >= 0.3 is 0 Å². The molecule has 0 aromatic heterocycles. The summed E-state index contributed by atoms with van der Waals surface area (Å²) in [6.45, 7) is 7.26. The van der Waals surface area contributed by atoms with E-state index in [1.165, 1.54) is 6.92 Å². The minimum absolute atomic E-state index is 0.104. The zero-order valence-electron chi connectivity index (χ0n) is 12.9. The van der Waals surface area contributed by atoms with Crippen molar-refractivity contribution in [2.75, 3.05) is 19.7 Å². The molecule has 0 aliphatic rings. The molecule has 0 atom stereocenters. The van der Waals surface area contributed by atoms with E-state index in [9.17, 15) is 9.59 Å². The van der Waals surface area contributed by atoms with Crippen LogP contribution >= 0.6 is 0 Å². The van der Waals surface area contributed by atoms with Gasteiger partial charge in [0.05, 0.1) is 6.61 Å². The lowest BCUT2D eigenvalue weighted by Crippen LogP contribution is -2.33. The summed E-state index contributed by atoms with van der Waals surface area (Å²) in [5, 5.41) is 5.36. The molecule has 21 heavy (non-hydrogen) atoms. The van der Waals surface area contributed by atoms with Crippen LogP contribution < -0.4 is 15.4 Å². The van der Waals surface area contributed by atoms with Crippen LogP contribution in [0.25, 0.3) is 0 Å². The van der Waals surface area contributed by atoms with Crippen LogP contribution in [0.3, 0.4) is 0 Å². The van der Waals surface area contributed by atoms with Gasteiger partial charge in [-0.1, -0.05) is 13.8 Å². The van der Waals surface area contributed by atoms with Crippen LogP contribution in [0, 0.1) is 5.92 Å². The van der Waals surface area contributed by atoms with Gasteiger partial charge in [-0.15, -0.1) is 0 Å². The molecule has 1 aromatic rings. The van der Waals surface area contributed by atoms with Crippen molar-refractivity contribution in [1.29, 1.82) is 0 Å². The van der Waals surface area contributed by atoms with Gasteiger partial charge in [-0.2, -0.15) is 0 Å². The minimum Gasteiger partial charge on any atom is -0.494 e. The molecule has 0 heterocycles. The molecule has 0 radical (unpaired) electrons. The molecular formula is C16H24N2O3. The largest absolute Gasteiger partial charge is 0.494 e. The summed E-state index contributed by atoms with van der Waals surface area (Å²) in [6.07, 6.45) is 1.01. The SMILES string of the molecule is CC(=O)NCCNC(=O)c1ccc(OCCC(C)C)cc1. The van der Waals surface area contributed by atoms with Gasteiger partial charge < -0.3 is 15.4 Å². The van der Waals surface area contributed by atoms with Crippen LogP contribution in [0.2, 0.25) is 0 Å². The van der Waals surface area contributed by atoms with E-state index in [0.717, 1.165) is 12.2 Å². The van der Waals surface area contributed by atoms with Crippen molar-refractivity contribution in [2.24, 2.45) is 5.92 Å². The number of carbonyl (C=O) groups excluding carboxylic acids is 2. The number of amides is 2. The van der Waals surface area contributed by atoms with Gasteiger partial charge in [0.25, 0.3) is 5.91 Å². The third-order valence-corrected chi connectivity index (χ3v) is 2.86. The summed E-state index contributed by atoms with van der Waals surface area (Å²) in [7, 11) is 0. The highest BCUT2D eigenvalue weighted by Crippen LogP contribution is 2.13. The molecule has 0 aliphatic heterocycles. The number of rotatable bonds is 8. The van der Waals surface area contributed by atoms with Gasteiger partial charge in [-0.3, -0.25) is 9.59 Å². The molecular weight excluding hydrogens is 268 g/mol. The number of hydrogen-bond acceptors (Lipinski definition) is 3. The van der Waals surface area contributed by atoms with E-state index >= 15 is 0 Å². The van der Waals surface area contributed by atoms with Gasteiger partial charge in [-0.25, -0.2) is 0 Å². The predicted molar refractivity (Wildman–Crippen MR) is 82.4 cm³/mol. The third-order valence-electron chi connectivity index (χ3n) is 2.86. The zero-order valence-corrected chi connectivity index (χ0v) is 12.9. The topological polar surface area (TPSA) is 67.4 Å². The first-order chi connectivity index (χ1) is 9.99. The molecule has 0 aliphatic carbocycles. The monoisotopic (exact) mass is 292 g/mol. The maximum Gasteiger partial charge on any atom is 0.251 e. The van der Waals surface area contributed by atoms with E-state index in [2.05, 4.69) is 24.5 Å². The van der Waals surface area contributed by atoms with Gasteiger partial charge in [0.2, 0.25) is 5.91 Å². The fourth-order valence-electron chi connectivity index (χ4n) is 1.63. The summed E-state index contributed by atoms with van der Waals surface area (Å²) >= 11 is 0. The fraction of sp³-hybridized carbons (Fsp3) is 0.500. The second-order valence-corrected chi connectivity index (χ2v) is 5.29. The first-order valence-corrected chi connectivity index (χ1v) is 7.24. The molecule has 0 bridgehead atoms. The summed E-state index contributed by atoms with van der Waals surface area (Å²) in [4.78, 5) is 22.5. The number of benzene rings is 1. The Balaban J connectivity index is 2.35. The molecule has 0 spiro atoms. The summed E-state index contributed by atoms with van der Waals surface area (Å²) < 4.78 is 5.60. The third kappa shape index (κ3) is 7.34. The standard InChI is InChI=1S/C16H24N2O3/c1-12(2)8-11-21-15-6-4-14(5-7-15)16(20)18-10-9-17-13(3)19/h4-7,12H,8-11H2,1-3H3,(H,17,19)(H,18,20). The average molecular weight is 292 g/mol. The lowest BCUT2D eigenvalue weighted by molar-refractivity contribution is -0.118. The molecule has 0 unspecified atom stereocenters. The summed E-state index contributed by atoms with van der Waals surface area (Å²) in [5.41, 5.74) is 0.578. The fourth-order valence-corrected chi connectivity index (χ4v) is 1.63. The van der Waals surface area contributed by atoms with Crippen LogP contribution in [0.4, 0.5) is 0 Å². The molecule has 5 nitrogen and oxygen atoms in total. The number of carbonyl (C=O) groups is 2. The van der Waals surface area contributed by atoms with E-state index < -0.39 is 0 Å². The van der Waals surface area contributed by atoms with E-state index in [0.29, 0.717) is 31.2 Å². The van der Waals surface area contributed by atoms with Gasteiger partial charge in [0.1, 0.15) is 5.75 Å². The number of hydrogen-bond donors (Lipinski definition) is 2. The average Bonchev–Trinajstić information content (AvgIpc) is 2.43. The summed E-state index contributed by atoms with van der Waals surface area (Å²) in [5.74, 6) is 1.12. The molecule has 2 amide bonds. The molecule has 1 rings (SSSR count). The van der Waals surface area contributed by atoms with E-state index in [1.54, 1.807) is 24.3 Å². The van der Waals surface area contributed by atoms with Gasteiger partial charge in [0, 0.05) is 25.6 Å². The minimum atomic E-state index is -0.158. The second-order valence-electron chi connectivity index (χ2n) is 5.29. The van der Waals surface area contributed by atoms with Crippen LogP contribution in [-0.2, 0) is 4.79 Å². The Labute approximate surface area is 126 Å². The summed E-state index contributed by atoms with van der Waals surface area (Å²) in [6, 6.07) is 7.06. The number of ether oxygens (including phenoxy) is 1. The van der Waals surface area contributed by atoms with Gasteiger partial charge in [-0.05, 0) is 36.6 Å². The Kier molecular flexibility index (Phi) is 7.29. The zero-order chi connectivity index (χ0) is 15.7. The van der Waals surface area contributed by atoms with Gasteiger partial charge in [0.15, 0.2) is 0 Å². The highest BCUT2D eigenvalue weighted by Gasteiger charge is 2.05. The maximum absolute atomic E-state index is 11.8. The number of nitrogens with one attached hydrogen (secondary N) is 2. The lowest BCUT2D eigenvalue weighted by Gasteiger charge is -2.09. The maximum atomic E-state index is 11.8. The van der Waals surface area contributed by atoms with Crippen LogP contribution in [0.1, 0.15) is 37.6 Å². The second kappa shape index (κ2) is 9.00. The smallest absolute Gasteiger partial charge is 0.251 e. The highest BCUT2D eigenvalue weighted by atomic mass is 16.5. The van der Waals surface area contributed by atoms with Crippen molar-refractivity contribution < 1.29 is 14.3 Å². The van der Waals surface area contributed by atoms with Crippen molar-refractivity contribution in [3.05, 3.63) is 29.8 Å².